The minimum Gasteiger partial charge on any atom is -0.335 e. The Labute approximate surface area is 117 Å². The van der Waals surface area contributed by atoms with Gasteiger partial charge in [-0.1, -0.05) is 0 Å². The van der Waals surface area contributed by atoms with E-state index in [-0.39, 0.29) is 0 Å². The third kappa shape index (κ3) is 2.56. The summed E-state index contributed by atoms with van der Waals surface area (Å²) in [5.74, 6) is 6.56. The zero-order valence-electron chi connectivity index (χ0n) is 11.8. The number of nitrogens with two attached hydrogens (primary N) is 1. The first kappa shape index (κ1) is 13.8. The fourth-order valence-corrected chi connectivity index (χ4v) is 2.46. The largest absolute Gasteiger partial charge is 0.335 e. The minimum atomic E-state index is 0.372. The van der Waals surface area contributed by atoms with E-state index in [0.29, 0.717) is 10.8 Å². The van der Waals surface area contributed by atoms with Crippen molar-refractivity contribution in [2.45, 2.75) is 46.6 Å². The lowest BCUT2D eigenvalue weighted by atomic mass is 10.1. The fourth-order valence-electron chi connectivity index (χ4n) is 2.31. The summed E-state index contributed by atoms with van der Waals surface area (Å²) in [6.45, 7) is 8.41. The van der Waals surface area contributed by atoms with Gasteiger partial charge in [-0.2, -0.15) is 10.2 Å². The molecule has 0 atom stereocenters. The highest BCUT2D eigenvalue weighted by Crippen LogP contribution is 2.18. The van der Waals surface area contributed by atoms with Gasteiger partial charge >= 0.3 is 0 Å². The van der Waals surface area contributed by atoms with Crippen LogP contribution in [0.3, 0.4) is 0 Å². The van der Waals surface area contributed by atoms with Crippen LogP contribution in [-0.2, 0) is 12.8 Å². The van der Waals surface area contributed by atoms with E-state index in [1.807, 2.05) is 6.92 Å². The van der Waals surface area contributed by atoms with Crippen LogP contribution in [0.5, 0.6) is 0 Å². The summed E-state index contributed by atoms with van der Waals surface area (Å²) in [7, 11) is 0. The molecule has 0 aliphatic carbocycles. The van der Waals surface area contributed by atoms with E-state index in [4.69, 9.17) is 18.1 Å². The molecule has 19 heavy (non-hydrogen) atoms. The topological polar surface area (TPSA) is 77.5 Å². The Bertz CT molecular complexity index is 633. The molecule has 104 valence electrons. The molecule has 0 aromatic carbocycles. The highest BCUT2D eigenvalue weighted by molar-refractivity contribution is 7.71. The van der Waals surface area contributed by atoms with Crippen LogP contribution in [0.2, 0.25) is 0 Å². The van der Waals surface area contributed by atoms with E-state index in [2.05, 4.69) is 40.7 Å². The first-order valence-electron chi connectivity index (χ1n) is 6.37. The van der Waals surface area contributed by atoms with Crippen molar-refractivity contribution in [1.82, 2.24) is 24.7 Å². The number of H-pyrrole nitrogens is 1. The third-order valence-corrected chi connectivity index (χ3v) is 3.63. The molecule has 2 aromatic rings. The maximum absolute atomic E-state index is 5.79. The lowest BCUT2D eigenvalue weighted by Gasteiger charge is -2.08. The van der Waals surface area contributed by atoms with Gasteiger partial charge in [-0.15, -0.1) is 0 Å². The van der Waals surface area contributed by atoms with E-state index in [1.54, 1.807) is 0 Å². The smallest absolute Gasteiger partial charge is 0.214 e. The molecule has 7 heteroatoms. The first-order chi connectivity index (χ1) is 8.91. The van der Waals surface area contributed by atoms with E-state index in [1.165, 1.54) is 15.9 Å². The van der Waals surface area contributed by atoms with E-state index in [0.717, 1.165) is 24.4 Å². The van der Waals surface area contributed by atoms with Crippen molar-refractivity contribution >= 4 is 12.2 Å². The predicted molar refractivity (Wildman–Crippen MR) is 77.1 cm³/mol. The van der Waals surface area contributed by atoms with Gasteiger partial charge in [0.15, 0.2) is 5.82 Å². The Morgan fingerprint density at radius 1 is 1.32 bits per heavy atom. The Hall–Kier alpha value is -1.63. The van der Waals surface area contributed by atoms with E-state index < -0.39 is 0 Å². The lowest BCUT2D eigenvalue weighted by Crippen LogP contribution is -2.13. The second-order valence-electron chi connectivity index (χ2n) is 5.00. The van der Waals surface area contributed by atoms with Crippen LogP contribution in [0, 0.1) is 18.6 Å². The van der Waals surface area contributed by atoms with Gasteiger partial charge in [-0.3, -0.25) is 9.78 Å². The first-order valence-corrected chi connectivity index (χ1v) is 6.78. The van der Waals surface area contributed by atoms with Gasteiger partial charge in [0.25, 0.3) is 0 Å². The van der Waals surface area contributed by atoms with E-state index >= 15 is 0 Å². The average molecular weight is 280 g/mol. The van der Waals surface area contributed by atoms with Gasteiger partial charge in [0.1, 0.15) is 0 Å². The van der Waals surface area contributed by atoms with Crippen LogP contribution < -0.4 is 5.84 Å². The van der Waals surface area contributed by atoms with Crippen LogP contribution in [0.25, 0.3) is 0 Å². The van der Waals surface area contributed by atoms with Gasteiger partial charge in [-0.25, -0.2) is 4.68 Å². The number of rotatable bonds is 4. The minimum absolute atomic E-state index is 0.372. The van der Waals surface area contributed by atoms with Crippen molar-refractivity contribution in [3.63, 3.8) is 0 Å². The molecule has 2 aromatic heterocycles. The van der Waals surface area contributed by atoms with Crippen LogP contribution in [-0.4, -0.2) is 24.7 Å². The maximum Gasteiger partial charge on any atom is 0.214 e. The Kier molecular flexibility index (Phi) is 3.75. The fraction of sp³-hybridized carbons (Fsp3) is 0.583. The van der Waals surface area contributed by atoms with Gasteiger partial charge in [0, 0.05) is 18.2 Å². The molecule has 0 bridgehead atoms. The molecule has 3 N–H and O–H groups in total. The molecule has 0 aliphatic rings. The van der Waals surface area contributed by atoms with Crippen molar-refractivity contribution in [3.05, 3.63) is 27.5 Å². The summed E-state index contributed by atoms with van der Waals surface area (Å²) < 4.78 is 3.93. The molecule has 0 radical (unpaired) electrons. The number of aryl methyl sites for hydroxylation is 2. The number of aromatic nitrogens is 5. The summed E-state index contributed by atoms with van der Waals surface area (Å²) in [5.41, 5.74) is 3.55. The van der Waals surface area contributed by atoms with E-state index in [9.17, 15) is 0 Å². The van der Waals surface area contributed by atoms with Crippen LogP contribution in [0.15, 0.2) is 0 Å². The SMILES string of the molecule is Cc1nn(C(C)C)c(C)c1CCc1n[nH]c(=S)n1N. The molecular weight excluding hydrogens is 260 g/mol. The van der Waals surface area contributed by atoms with Crippen LogP contribution >= 0.6 is 12.2 Å². The summed E-state index contributed by atoms with van der Waals surface area (Å²) in [6.07, 6.45) is 1.61. The monoisotopic (exact) mass is 280 g/mol. The molecule has 0 saturated heterocycles. The average Bonchev–Trinajstić information content (AvgIpc) is 2.81. The highest BCUT2D eigenvalue weighted by atomic mass is 32.1. The number of nitrogens with zero attached hydrogens (tertiary/aromatic N) is 4. The molecule has 2 heterocycles. The highest BCUT2D eigenvalue weighted by Gasteiger charge is 2.14. The molecule has 0 spiro atoms. The van der Waals surface area contributed by atoms with Crippen molar-refractivity contribution < 1.29 is 0 Å². The van der Waals surface area contributed by atoms with Gasteiger partial charge in [0.2, 0.25) is 4.77 Å². The van der Waals surface area contributed by atoms with Crippen molar-refractivity contribution in [2.24, 2.45) is 0 Å². The Morgan fingerprint density at radius 2 is 2.00 bits per heavy atom. The second-order valence-corrected chi connectivity index (χ2v) is 5.39. The van der Waals surface area contributed by atoms with Crippen molar-refractivity contribution in [1.29, 1.82) is 0 Å². The van der Waals surface area contributed by atoms with Crippen molar-refractivity contribution in [3.8, 4) is 0 Å². The van der Waals surface area contributed by atoms with Gasteiger partial charge in [-0.05, 0) is 51.9 Å². The lowest BCUT2D eigenvalue weighted by molar-refractivity contribution is 0.515. The number of aromatic amines is 1. The standard InChI is InChI=1S/C12H20N6S/c1-7(2)18-9(4)10(8(3)16-18)5-6-11-14-15-12(19)17(11)13/h7H,5-6,13H2,1-4H3,(H,15,19). The van der Waals surface area contributed by atoms with Crippen LogP contribution in [0.1, 0.15) is 42.7 Å². The number of nitrogens with one attached hydrogen (secondary N) is 1. The molecule has 0 saturated carbocycles. The molecule has 0 aliphatic heterocycles. The van der Waals surface area contributed by atoms with Crippen molar-refractivity contribution in [2.75, 3.05) is 5.84 Å². The van der Waals surface area contributed by atoms with Crippen LogP contribution in [0.4, 0.5) is 0 Å². The normalized spacial score (nSPS) is 11.4. The Morgan fingerprint density at radius 3 is 2.47 bits per heavy atom. The Balaban J connectivity index is 2.20. The molecule has 0 unspecified atom stereocenters. The number of hydrogen-bond donors (Lipinski definition) is 2. The third-order valence-electron chi connectivity index (χ3n) is 3.34. The molecule has 2 rings (SSSR count). The summed E-state index contributed by atoms with van der Waals surface area (Å²) in [6, 6.07) is 0.372. The molecular formula is C12H20N6S. The summed E-state index contributed by atoms with van der Waals surface area (Å²) in [5, 5.41) is 11.4. The zero-order valence-corrected chi connectivity index (χ0v) is 12.6. The predicted octanol–water partition coefficient (Wildman–Crippen LogP) is 1.83. The number of hydrogen-bond acceptors (Lipinski definition) is 4. The molecule has 0 amide bonds. The molecule has 6 nitrogen and oxygen atoms in total. The number of nitrogen functional groups attached to an aromatic ring is 1. The maximum atomic E-state index is 5.79. The summed E-state index contributed by atoms with van der Waals surface area (Å²) in [4.78, 5) is 0. The second kappa shape index (κ2) is 5.16. The molecule has 0 fully saturated rings. The van der Waals surface area contributed by atoms with Gasteiger partial charge < -0.3 is 5.84 Å². The summed E-state index contributed by atoms with van der Waals surface area (Å²) >= 11 is 5.00. The zero-order chi connectivity index (χ0) is 14.2. The van der Waals surface area contributed by atoms with Gasteiger partial charge in [0.05, 0.1) is 5.69 Å². The quantitative estimate of drug-likeness (QED) is 0.661.